The molecule has 0 spiro atoms. The van der Waals surface area contributed by atoms with Gasteiger partial charge in [-0.3, -0.25) is 0 Å². The van der Waals surface area contributed by atoms with Gasteiger partial charge in [0.05, 0.1) is 15.2 Å². The average Bonchev–Trinajstić information content (AvgIpc) is 2.65. The zero-order valence-corrected chi connectivity index (χ0v) is 17.1. The molecule has 1 heterocycles. The van der Waals surface area contributed by atoms with Crippen LogP contribution in [0.15, 0.2) is 47.6 Å². The van der Waals surface area contributed by atoms with Crippen LogP contribution in [0.4, 0.5) is 5.82 Å². The molecule has 9 heteroatoms. The van der Waals surface area contributed by atoms with Crippen LogP contribution in [0.5, 0.6) is 5.75 Å². The Hall–Kier alpha value is -3.20. The second-order valence-electron chi connectivity index (χ2n) is 6.97. The van der Waals surface area contributed by atoms with Gasteiger partial charge in [-0.15, -0.1) is 0 Å². The minimum atomic E-state index is -2.85. The smallest absolute Gasteiger partial charge is 0.339 e. The van der Waals surface area contributed by atoms with Crippen molar-refractivity contribution in [3.8, 4) is 5.75 Å². The van der Waals surface area contributed by atoms with Gasteiger partial charge in [-0.05, 0) is 37.6 Å². The zero-order chi connectivity index (χ0) is 21.2. The Morgan fingerprint density at radius 2 is 2.03 bits per heavy atom. The molecule has 0 aliphatic rings. The maximum absolute atomic E-state index is 11.9. The predicted molar refractivity (Wildman–Crippen MR) is 111 cm³/mol. The van der Waals surface area contributed by atoms with Crippen LogP contribution < -0.4 is 10.1 Å². The van der Waals surface area contributed by atoms with Gasteiger partial charge in [-0.2, -0.15) is 0 Å². The molecule has 1 aromatic heterocycles. The molecular weight excluding hydrogens is 392 g/mol. The number of fused-ring (bicyclic) bond motifs is 1. The summed E-state index contributed by atoms with van der Waals surface area (Å²) in [5.41, 5.74) is 1.24. The van der Waals surface area contributed by atoms with Crippen molar-refractivity contribution in [3.05, 3.63) is 53.9 Å². The number of carboxylic acids is 1. The van der Waals surface area contributed by atoms with E-state index < -0.39 is 15.7 Å². The van der Waals surface area contributed by atoms with E-state index in [2.05, 4.69) is 15.3 Å². The standard InChI is InChI=1S/C20H22N4O4S/c1-12(2)24-19-15-8-16(20(25)26)18(9-17(15)22-11-23-19)28-10-13-5-4-6-14(7-13)29(3,21)27/h4-9,11-12,21H,10H2,1-3H3,(H,25,26)(H,22,23,24). The highest BCUT2D eigenvalue weighted by Crippen LogP contribution is 2.29. The summed E-state index contributed by atoms with van der Waals surface area (Å²) >= 11 is 0. The fourth-order valence-corrected chi connectivity index (χ4v) is 3.51. The molecular formula is C20H22N4O4S. The van der Waals surface area contributed by atoms with E-state index in [1.54, 1.807) is 30.3 Å². The molecule has 0 saturated carbocycles. The van der Waals surface area contributed by atoms with E-state index in [1.807, 2.05) is 13.8 Å². The number of hydrogen-bond acceptors (Lipinski definition) is 7. The lowest BCUT2D eigenvalue weighted by Crippen LogP contribution is -2.12. The summed E-state index contributed by atoms with van der Waals surface area (Å²) in [4.78, 5) is 20.6. The Balaban J connectivity index is 1.97. The third-order valence-corrected chi connectivity index (χ3v) is 5.29. The molecule has 152 valence electrons. The number of hydrogen-bond donors (Lipinski definition) is 3. The highest BCUT2D eigenvalue weighted by Gasteiger charge is 2.17. The Morgan fingerprint density at radius 3 is 2.69 bits per heavy atom. The molecule has 3 N–H and O–H groups in total. The summed E-state index contributed by atoms with van der Waals surface area (Å²) in [5, 5.41) is 13.4. The minimum absolute atomic E-state index is 0.00459. The molecule has 0 fully saturated rings. The number of nitrogens with one attached hydrogen (secondary N) is 2. The number of anilines is 1. The third kappa shape index (κ3) is 4.80. The molecule has 0 saturated heterocycles. The molecule has 0 amide bonds. The van der Waals surface area contributed by atoms with Crippen molar-refractivity contribution in [2.24, 2.45) is 0 Å². The van der Waals surface area contributed by atoms with E-state index >= 15 is 0 Å². The van der Waals surface area contributed by atoms with Crippen molar-refractivity contribution in [1.29, 1.82) is 4.78 Å². The number of benzene rings is 2. The van der Waals surface area contributed by atoms with Crippen LogP contribution >= 0.6 is 0 Å². The van der Waals surface area contributed by atoms with Crippen LogP contribution in [-0.4, -0.2) is 37.6 Å². The number of nitrogens with zero attached hydrogens (tertiary/aromatic N) is 2. The molecule has 0 bridgehead atoms. The summed E-state index contributed by atoms with van der Waals surface area (Å²) in [5.74, 6) is -0.398. The van der Waals surface area contributed by atoms with Crippen molar-refractivity contribution >= 4 is 32.4 Å². The first-order chi connectivity index (χ1) is 13.6. The van der Waals surface area contributed by atoms with Crippen molar-refractivity contribution in [2.75, 3.05) is 11.6 Å². The number of carbonyl (C=O) groups is 1. The number of carboxylic acid groups (broad SMARTS) is 1. The molecule has 1 atom stereocenters. The fourth-order valence-electron chi connectivity index (χ4n) is 2.80. The third-order valence-electron chi connectivity index (χ3n) is 4.14. The monoisotopic (exact) mass is 414 g/mol. The van der Waals surface area contributed by atoms with Crippen LogP contribution in [-0.2, 0) is 16.3 Å². The highest BCUT2D eigenvalue weighted by atomic mass is 32.2. The molecule has 3 aromatic rings. The Bertz CT molecular complexity index is 1180. The normalized spacial score (nSPS) is 13.2. The molecule has 1 unspecified atom stereocenters. The first kappa shape index (κ1) is 20.5. The van der Waals surface area contributed by atoms with Gasteiger partial charge in [-0.1, -0.05) is 12.1 Å². The SMILES string of the molecule is CC(C)Nc1ncnc2cc(OCc3cccc(S(C)(=N)=O)c3)c(C(=O)O)cc12. The van der Waals surface area contributed by atoms with Gasteiger partial charge in [0.15, 0.2) is 0 Å². The predicted octanol–water partition coefficient (Wildman–Crippen LogP) is 3.76. The van der Waals surface area contributed by atoms with E-state index in [1.165, 1.54) is 18.6 Å². The number of aromatic carboxylic acids is 1. The fraction of sp³-hybridized carbons (Fsp3) is 0.250. The topological polar surface area (TPSA) is 125 Å². The summed E-state index contributed by atoms with van der Waals surface area (Å²) in [6.45, 7) is 3.99. The van der Waals surface area contributed by atoms with Crippen molar-refractivity contribution in [3.63, 3.8) is 0 Å². The lowest BCUT2D eigenvalue weighted by molar-refractivity contribution is 0.0692. The van der Waals surface area contributed by atoms with Crippen LogP contribution in [0, 0.1) is 4.78 Å². The van der Waals surface area contributed by atoms with Gasteiger partial charge in [0.2, 0.25) is 0 Å². The maximum atomic E-state index is 11.9. The second kappa shape index (κ2) is 8.04. The van der Waals surface area contributed by atoms with Crippen LogP contribution in [0.2, 0.25) is 0 Å². The summed E-state index contributed by atoms with van der Waals surface area (Å²) in [7, 11) is -2.85. The summed E-state index contributed by atoms with van der Waals surface area (Å²) < 4.78 is 25.4. The average molecular weight is 414 g/mol. The number of rotatable bonds is 7. The Labute approximate surface area is 168 Å². The van der Waals surface area contributed by atoms with Gasteiger partial charge in [-0.25, -0.2) is 23.8 Å². The number of ether oxygens (including phenoxy) is 1. The summed E-state index contributed by atoms with van der Waals surface area (Å²) in [6.07, 6.45) is 2.76. The first-order valence-corrected chi connectivity index (χ1v) is 10.9. The molecule has 2 aromatic carbocycles. The van der Waals surface area contributed by atoms with Gasteiger partial charge in [0.1, 0.15) is 30.1 Å². The lowest BCUT2D eigenvalue weighted by atomic mass is 10.1. The van der Waals surface area contributed by atoms with Crippen LogP contribution in [0.3, 0.4) is 0 Å². The number of aromatic nitrogens is 2. The van der Waals surface area contributed by atoms with E-state index in [0.29, 0.717) is 27.2 Å². The van der Waals surface area contributed by atoms with Crippen molar-refractivity contribution in [1.82, 2.24) is 9.97 Å². The van der Waals surface area contributed by atoms with E-state index in [9.17, 15) is 14.1 Å². The largest absolute Gasteiger partial charge is 0.488 e. The molecule has 0 radical (unpaired) electrons. The highest BCUT2D eigenvalue weighted by molar-refractivity contribution is 7.91. The van der Waals surface area contributed by atoms with Crippen LogP contribution in [0.1, 0.15) is 29.8 Å². The van der Waals surface area contributed by atoms with Gasteiger partial charge in [0, 0.05) is 28.6 Å². The van der Waals surface area contributed by atoms with Gasteiger partial charge < -0.3 is 15.2 Å². The van der Waals surface area contributed by atoms with Gasteiger partial charge >= 0.3 is 5.97 Å². The van der Waals surface area contributed by atoms with E-state index in [0.717, 1.165) is 0 Å². The first-order valence-electron chi connectivity index (χ1n) is 8.89. The van der Waals surface area contributed by atoms with E-state index in [-0.39, 0.29) is 24.0 Å². The molecule has 3 rings (SSSR count). The quantitative estimate of drug-likeness (QED) is 0.537. The molecule has 0 aliphatic carbocycles. The maximum Gasteiger partial charge on any atom is 0.339 e. The minimum Gasteiger partial charge on any atom is -0.488 e. The molecule has 29 heavy (non-hydrogen) atoms. The Kier molecular flexibility index (Phi) is 5.69. The van der Waals surface area contributed by atoms with Crippen LogP contribution in [0.25, 0.3) is 10.9 Å². The molecule has 0 aliphatic heterocycles. The van der Waals surface area contributed by atoms with Crippen molar-refractivity contribution in [2.45, 2.75) is 31.4 Å². The Morgan fingerprint density at radius 1 is 1.28 bits per heavy atom. The second-order valence-corrected chi connectivity index (χ2v) is 9.13. The lowest BCUT2D eigenvalue weighted by Gasteiger charge is -2.14. The van der Waals surface area contributed by atoms with Crippen molar-refractivity contribution < 1.29 is 18.8 Å². The van der Waals surface area contributed by atoms with E-state index in [4.69, 9.17) is 9.52 Å². The zero-order valence-electron chi connectivity index (χ0n) is 16.3. The summed E-state index contributed by atoms with van der Waals surface area (Å²) in [6, 6.07) is 9.90. The molecule has 8 nitrogen and oxygen atoms in total. The van der Waals surface area contributed by atoms with Gasteiger partial charge in [0.25, 0.3) is 0 Å².